The molecule has 0 unspecified atom stereocenters. The molecule has 1 atom stereocenters. The van der Waals surface area contributed by atoms with Crippen LogP contribution in [0.15, 0.2) is 29.6 Å². The van der Waals surface area contributed by atoms with Crippen LogP contribution in [0.5, 0.6) is 0 Å². The number of thiophene rings is 1. The summed E-state index contributed by atoms with van der Waals surface area (Å²) in [4.78, 5) is 0. The number of rotatable bonds is 2. The van der Waals surface area contributed by atoms with Crippen molar-refractivity contribution in [1.29, 1.82) is 0 Å². The molecule has 0 saturated carbocycles. The van der Waals surface area contributed by atoms with E-state index in [1.165, 1.54) is 15.6 Å². The third-order valence-corrected chi connectivity index (χ3v) is 3.15. The zero-order chi connectivity index (χ0) is 9.26. The molecule has 1 aromatic heterocycles. The van der Waals surface area contributed by atoms with Gasteiger partial charge in [0.05, 0.1) is 0 Å². The van der Waals surface area contributed by atoms with Gasteiger partial charge in [0.25, 0.3) is 0 Å². The molecule has 0 aliphatic heterocycles. The predicted octanol–water partition coefficient (Wildman–Crippen LogP) is 1.86. The molecular weight excluding hydrogens is 180 g/mol. The lowest BCUT2D eigenvalue weighted by atomic mass is 10.1. The van der Waals surface area contributed by atoms with Gasteiger partial charge in [0.2, 0.25) is 0 Å². The lowest BCUT2D eigenvalue weighted by Gasteiger charge is -2.06. The van der Waals surface area contributed by atoms with Crippen molar-refractivity contribution in [3.63, 3.8) is 0 Å². The zero-order valence-electron chi connectivity index (χ0n) is 7.23. The summed E-state index contributed by atoms with van der Waals surface area (Å²) in [5, 5.41) is 3.34. The average molecular weight is 192 g/mol. The van der Waals surface area contributed by atoms with E-state index in [9.17, 15) is 0 Å². The molecule has 2 nitrogen and oxygen atoms in total. The highest BCUT2D eigenvalue weighted by Crippen LogP contribution is 2.28. The van der Waals surface area contributed by atoms with E-state index in [0.717, 1.165) is 0 Å². The van der Waals surface area contributed by atoms with Gasteiger partial charge in [-0.25, -0.2) is 0 Å². The first kappa shape index (κ1) is 8.69. The Morgan fingerprint density at radius 2 is 2.08 bits per heavy atom. The fraction of sp³-hybridized carbons (Fsp3) is 0.200. The maximum atomic E-state index is 5.89. The third-order valence-electron chi connectivity index (χ3n) is 2.16. The number of hydrogen-bond donors (Lipinski definition) is 2. The van der Waals surface area contributed by atoms with Gasteiger partial charge in [-0.15, -0.1) is 11.3 Å². The largest absolute Gasteiger partial charge is 0.329 e. The van der Waals surface area contributed by atoms with E-state index < -0.39 is 0 Å². The van der Waals surface area contributed by atoms with E-state index in [1.807, 2.05) is 12.1 Å². The maximum Gasteiger partial charge on any atom is 0.0434 e. The smallest absolute Gasteiger partial charge is 0.0434 e. The van der Waals surface area contributed by atoms with E-state index in [-0.39, 0.29) is 6.04 Å². The minimum atomic E-state index is -0.0313. The van der Waals surface area contributed by atoms with Crippen molar-refractivity contribution in [3.05, 3.63) is 35.2 Å². The molecular formula is C10H12N2S. The number of fused-ring (bicyclic) bond motifs is 1. The van der Waals surface area contributed by atoms with Crippen molar-refractivity contribution in [2.75, 3.05) is 6.54 Å². The van der Waals surface area contributed by atoms with Crippen LogP contribution in [0.2, 0.25) is 0 Å². The molecule has 4 N–H and O–H groups in total. The van der Waals surface area contributed by atoms with Crippen molar-refractivity contribution in [2.24, 2.45) is 11.5 Å². The summed E-state index contributed by atoms with van der Waals surface area (Å²) in [5.41, 5.74) is 12.6. The van der Waals surface area contributed by atoms with Crippen LogP contribution in [-0.4, -0.2) is 6.54 Å². The molecule has 0 radical (unpaired) electrons. The van der Waals surface area contributed by atoms with Crippen LogP contribution in [0, 0.1) is 0 Å². The molecule has 0 amide bonds. The molecule has 1 aromatic carbocycles. The molecule has 2 rings (SSSR count). The number of benzene rings is 1. The minimum absolute atomic E-state index is 0.0313. The van der Waals surface area contributed by atoms with Gasteiger partial charge in [0.15, 0.2) is 0 Å². The van der Waals surface area contributed by atoms with Crippen molar-refractivity contribution in [1.82, 2.24) is 0 Å². The third kappa shape index (κ3) is 1.46. The van der Waals surface area contributed by atoms with Gasteiger partial charge < -0.3 is 11.5 Å². The van der Waals surface area contributed by atoms with Crippen LogP contribution < -0.4 is 11.5 Å². The summed E-state index contributed by atoms with van der Waals surface area (Å²) in [7, 11) is 0. The van der Waals surface area contributed by atoms with Crippen molar-refractivity contribution < 1.29 is 0 Å². The highest BCUT2D eigenvalue weighted by atomic mass is 32.1. The predicted molar refractivity (Wildman–Crippen MR) is 57.8 cm³/mol. The van der Waals surface area contributed by atoms with Crippen LogP contribution in [0.25, 0.3) is 10.1 Å². The van der Waals surface area contributed by atoms with Gasteiger partial charge in [-0.05, 0) is 22.4 Å². The lowest BCUT2D eigenvalue weighted by molar-refractivity contribution is 0.745. The van der Waals surface area contributed by atoms with Crippen LogP contribution in [0.3, 0.4) is 0 Å². The molecule has 13 heavy (non-hydrogen) atoms. The van der Waals surface area contributed by atoms with E-state index in [4.69, 9.17) is 11.5 Å². The number of hydrogen-bond acceptors (Lipinski definition) is 3. The van der Waals surface area contributed by atoms with Gasteiger partial charge in [0.1, 0.15) is 0 Å². The van der Waals surface area contributed by atoms with Crippen LogP contribution in [0.4, 0.5) is 0 Å². The molecule has 0 aliphatic rings. The molecule has 0 bridgehead atoms. The Morgan fingerprint density at radius 3 is 2.85 bits per heavy atom. The molecule has 0 aliphatic carbocycles. The Hall–Kier alpha value is -0.900. The second-order valence-electron chi connectivity index (χ2n) is 3.03. The monoisotopic (exact) mass is 192 g/mol. The van der Waals surface area contributed by atoms with E-state index in [1.54, 1.807) is 11.3 Å². The topological polar surface area (TPSA) is 52.0 Å². The van der Waals surface area contributed by atoms with Gasteiger partial charge >= 0.3 is 0 Å². The summed E-state index contributed by atoms with van der Waals surface area (Å²) in [6.45, 7) is 0.501. The van der Waals surface area contributed by atoms with Crippen molar-refractivity contribution in [2.45, 2.75) is 6.04 Å². The Bertz CT molecular complexity index is 408. The summed E-state index contributed by atoms with van der Waals surface area (Å²) >= 11 is 1.72. The fourth-order valence-electron chi connectivity index (χ4n) is 1.41. The van der Waals surface area contributed by atoms with E-state index in [0.29, 0.717) is 6.54 Å². The first-order valence-corrected chi connectivity index (χ1v) is 5.12. The fourth-order valence-corrected chi connectivity index (χ4v) is 2.44. The van der Waals surface area contributed by atoms with Crippen LogP contribution in [-0.2, 0) is 0 Å². The first-order chi connectivity index (χ1) is 6.33. The van der Waals surface area contributed by atoms with Gasteiger partial charge in [-0.3, -0.25) is 0 Å². The Balaban J connectivity index is 2.57. The van der Waals surface area contributed by atoms with Crippen molar-refractivity contribution in [3.8, 4) is 0 Å². The van der Waals surface area contributed by atoms with Crippen molar-refractivity contribution >= 4 is 21.4 Å². The van der Waals surface area contributed by atoms with Gasteiger partial charge in [0, 0.05) is 17.3 Å². The minimum Gasteiger partial charge on any atom is -0.329 e. The summed E-state index contributed by atoms with van der Waals surface area (Å²) in [5.74, 6) is 0. The normalized spacial score (nSPS) is 13.4. The lowest BCUT2D eigenvalue weighted by Crippen LogP contribution is -2.20. The second-order valence-corrected chi connectivity index (χ2v) is 3.94. The van der Waals surface area contributed by atoms with E-state index >= 15 is 0 Å². The van der Waals surface area contributed by atoms with Gasteiger partial charge in [-0.1, -0.05) is 18.2 Å². The summed E-state index contributed by atoms with van der Waals surface area (Å²) in [6, 6.07) is 8.23. The standard InChI is InChI=1S/C10H12N2S/c11-5-9(12)8-6-13-10-4-2-1-3-7(8)10/h1-4,6,9H,5,11-12H2/t9-/m0/s1. The second kappa shape index (κ2) is 3.46. The zero-order valence-corrected chi connectivity index (χ0v) is 8.05. The van der Waals surface area contributed by atoms with E-state index in [2.05, 4.69) is 17.5 Å². The molecule has 0 saturated heterocycles. The first-order valence-electron chi connectivity index (χ1n) is 4.24. The number of nitrogens with two attached hydrogens (primary N) is 2. The maximum absolute atomic E-state index is 5.89. The Morgan fingerprint density at radius 1 is 1.31 bits per heavy atom. The van der Waals surface area contributed by atoms with Crippen LogP contribution in [0.1, 0.15) is 11.6 Å². The SMILES string of the molecule is NC[C@H](N)c1csc2ccccc12. The molecule has 2 aromatic rings. The molecule has 1 heterocycles. The Kier molecular flexibility index (Phi) is 2.31. The van der Waals surface area contributed by atoms with Gasteiger partial charge in [-0.2, -0.15) is 0 Å². The highest BCUT2D eigenvalue weighted by molar-refractivity contribution is 7.17. The summed E-state index contributed by atoms with van der Waals surface area (Å²) < 4.78 is 1.28. The molecule has 0 fully saturated rings. The van der Waals surface area contributed by atoms with Crippen LogP contribution >= 0.6 is 11.3 Å². The average Bonchev–Trinajstić information content (AvgIpc) is 2.60. The summed E-state index contributed by atoms with van der Waals surface area (Å²) in [6.07, 6.45) is 0. The highest BCUT2D eigenvalue weighted by Gasteiger charge is 2.08. The molecule has 3 heteroatoms. The quantitative estimate of drug-likeness (QED) is 0.763. The Labute approximate surface area is 81.2 Å². The molecule has 68 valence electrons. The molecule has 0 spiro atoms.